The van der Waals surface area contributed by atoms with E-state index in [0.29, 0.717) is 17.5 Å². The minimum absolute atomic E-state index is 0.134. The molecular weight excluding hydrogens is 342 g/mol. The van der Waals surface area contributed by atoms with Gasteiger partial charge in [-0.05, 0) is 23.3 Å². The van der Waals surface area contributed by atoms with Crippen LogP contribution in [0.3, 0.4) is 0 Å². The molecule has 22 heavy (non-hydrogen) atoms. The maximum Gasteiger partial charge on any atom is 0.252 e. The Kier molecular flexibility index (Phi) is 4.56. The van der Waals surface area contributed by atoms with E-state index in [2.05, 4.69) is 6.07 Å². The molecule has 0 saturated heterocycles. The molecule has 118 valence electrons. The smallest absolute Gasteiger partial charge is 0.252 e. The van der Waals surface area contributed by atoms with Gasteiger partial charge in [0.2, 0.25) is 0 Å². The number of hydrogen-bond acceptors (Lipinski definition) is 4. The van der Waals surface area contributed by atoms with Crippen molar-refractivity contribution in [1.29, 1.82) is 0 Å². The van der Waals surface area contributed by atoms with Crippen LogP contribution in [0.1, 0.15) is 11.1 Å². The molecule has 1 aromatic carbocycles. The van der Waals surface area contributed by atoms with Crippen LogP contribution in [0.25, 0.3) is 0 Å². The number of likely N-dealkylation sites (N-methyl/N-ethyl adjacent to an activating group) is 1. The molecule has 2 heterocycles. The molecule has 0 radical (unpaired) electrons. The Bertz CT molecular complexity index is 773. The summed E-state index contributed by atoms with van der Waals surface area (Å²) >= 11 is 6.90. The number of hydrogen-bond donors (Lipinski definition) is 0. The zero-order valence-corrected chi connectivity index (χ0v) is 14.4. The molecule has 0 N–H and O–H groups in total. The molecule has 0 aliphatic carbocycles. The van der Waals surface area contributed by atoms with Gasteiger partial charge in [-0.1, -0.05) is 35.9 Å². The quantitative estimate of drug-likeness (QED) is 0.844. The van der Waals surface area contributed by atoms with Gasteiger partial charge in [0, 0.05) is 20.0 Å². The highest BCUT2D eigenvalue weighted by molar-refractivity contribution is 7.91. The number of rotatable bonds is 4. The topological polar surface area (TPSA) is 46.6 Å². The largest absolute Gasteiger partial charge is 0.372 e. The fourth-order valence-electron chi connectivity index (χ4n) is 2.50. The van der Waals surface area contributed by atoms with Crippen molar-refractivity contribution in [3.05, 3.63) is 51.9 Å². The Balaban J connectivity index is 1.71. The first kappa shape index (κ1) is 16.0. The van der Waals surface area contributed by atoms with E-state index in [0.717, 1.165) is 17.8 Å². The fraction of sp³-hybridized carbons (Fsp3) is 0.333. The predicted molar refractivity (Wildman–Crippen MR) is 87.9 cm³/mol. The van der Waals surface area contributed by atoms with E-state index in [1.54, 1.807) is 13.1 Å². The second-order valence-electron chi connectivity index (χ2n) is 5.25. The van der Waals surface area contributed by atoms with E-state index in [4.69, 9.17) is 16.3 Å². The zero-order chi connectivity index (χ0) is 15.7. The third-order valence-corrected chi connectivity index (χ3v) is 7.24. The van der Waals surface area contributed by atoms with Gasteiger partial charge in [-0.3, -0.25) is 0 Å². The van der Waals surface area contributed by atoms with E-state index < -0.39 is 10.0 Å². The van der Waals surface area contributed by atoms with Crippen molar-refractivity contribution in [2.75, 3.05) is 13.6 Å². The molecule has 0 amide bonds. The summed E-state index contributed by atoms with van der Waals surface area (Å²) in [5.41, 5.74) is 2.40. The van der Waals surface area contributed by atoms with Crippen molar-refractivity contribution >= 4 is 33.0 Å². The van der Waals surface area contributed by atoms with Crippen LogP contribution in [0.5, 0.6) is 0 Å². The molecule has 0 bridgehead atoms. The van der Waals surface area contributed by atoms with Gasteiger partial charge >= 0.3 is 0 Å². The summed E-state index contributed by atoms with van der Waals surface area (Å²) in [4.78, 5) is 0. The van der Waals surface area contributed by atoms with Gasteiger partial charge < -0.3 is 4.74 Å². The first-order chi connectivity index (χ1) is 10.5. The average molecular weight is 358 g/mol. The lowest BCUT2D eigenvalue weighted by Gasteiger charge is -2.28. The third kappa shape index (κ3) is 3.21. The predicted octanol–water partition coefficient (Wildman–Crippen LogP) is 3.16. The first-order valence-electron chi connectivity index (χ1n) is 6.87. The molecule has 2 aromatic rings. The first-order valence-corrected chi connectivity index (χ1v) is 9.50. The molecule has 1 atom stereocenters. The van der Waals surface area contributed by atoms with Gasteiger partial charge in [-0.25, -0.2) is 8.42 Å². The highest BCUT2D eigenvalue weighted by Crippen LogP contribution is 2.28. The summed E-state index contributed by atoms with van der Waals surface area (Å²) < 4.78 is 32.8. The van der Waals surface area contributed by atoms with E-state index in [-0.39, 0.29) is 10.3 Å². The molecule has 1 aliphatic heterocycles. The van der Waals surface area contributed by atoms with Crippen molar-refractivity contribution < 1.29 is 13.2 Å². The monoisotopic (exact) mass is 357 g/mol. The van der Waals surface area contributed by atoms with Crippen molar-refractivity contribution in [2.24, 2.45) is 0 Å². The molecule has 1 aromatic heterocycles. The number of ether oxygens (including phenoxy) is 1. The van der Waals surface area contributed by atoms with Gasteiger partial charge in [0.15, 0.2) is 0 Å². The third-order valence-electron chi connectivity index (χ3n) is 3.71. The highest BCUT2D eigenvalue weighted by Gasteiger charge is 2.27. The molecule has 4 nitrogen and oxygen atoms in total. The molecule has 0 fully saturated rings. The van der Waals surface area contributed by atoms with Crippen LogP contribution in [0.4, 0.5) is 0 Å². The summed E-state index contributed by atoms with van der Waals surface area (Å²) in [6.45, 7) is 0.853. The average Bonchev–Trinajstić information content (AvgIpc) is 2.94. The molecule has 1 aliphatic rings. The molecular formula is C15H16ClNO3S2. The lowest BCUT2D eigenvalue weighted by atomic mass is 9.99. The van der Waals surface area contributed by atoms with Crippen LogP contribution in [0.2, 0.25) is 4.34 Å². The summed E-state index contributed by atoms with van der Waals surface area (Å²) in [6.07, 6.45) is 0.589. The van der Waals surface area contributed by atoms with Crippen molar-refractivity contribution in [1.82, 2.24) is 4.31 Å². The number of benzene rings is 1. The Labute approximate surface area is 139 Å². The van der Waals surface area contributed by atoms with Crippen LogP contribution in [0.15, 0.2) is 40.6 Å². The number of fused-ring (bicyclic) bond motifs is 1. The normalized spacial score (nSPS) is 18.4. The number of nitrogens with zero attached hydrogens (tertiary/aromatic N) is 1. The maximum absolute atomic E-state index is 12.5. The van der Waals surface area contributed by atoms with E-state index in [1.807, 2.05) is 18.2 Å². The minimum Gasteiger partial charge on any atom is -0.372 e. The fourth-order valence-corrected chi connectivity index (χ4v) is 5.40. The molecule has 0 saturated carbocycles. The van der Waals surface area contributed by atoms with Gasteiger partial charge in [-0.15, -0.1) is 11.3 Å². The number of sulfonamides is 1. The SMILES string of the molecule is CN(CC1Cc2ccccc2CO1)S(=O)(=O)c1ccc(Cl)s1. The summed E-state index contributed by atoms with van der Waals surface area (Å²) in [6, 6.07) is 11.2. The van der Waals surface area contributed by atoms with Gasteiger partial charge in [0.05, 0.1) is 17.0 Å². The highest BCUT2D eigenvalue weighted by atomic mass is 35.5. The second kappa shape index (κ2) is 6.29. The Hall–Kier alpha value is -0.920. The van der Waals surface area contributed by atoms with Gasteiger partial charge in [0.25, 0.3) is 10.0 Å². The Morgan fingerprint density at radius 3 is 2.68 bits per heavy atom. The molecule has 3 rings (SSSR count). The van der Waals surface area contributed by atoms with E-state index in [1.165, 1.54) is 21.5 Å². The Morgan fingerprint density at radius 2 is 2.00 bits per heavy atom. The number of thiophene rings is 1. The lowest BCUT2D eigenvalue weighted by Crippen LogP contribution is -2.38. The summed E-state index contributed by atoms with van der Waals surface area (Å²) in [5.74, 6) is 0. The van der Waals surface area contributed by atoms with Crippen molar-refractivity contribution in [3.8, 4) is 0 Å². The van der Waals surface area contributed by atoms with E-state index >= 15 is 0 Å². The van der Waals surface area contributed by atoms with Crippen LogP contribution >= 0.6 is 22.9 Å². The zero-order valence-electron chi connectivity index (χ0n) is 12.0. The Morgan fingerprint density at radius 1 is 1.27 bits per heavy atom. The standard InChI is InChI=1S/C15H16ClNO3S2/c1-17(22(18,19)15-7-6-14(16)21-15)9-13-8-11-4-2-3-5-12(11)10-20-13/h2-7,13H,8-10H2,1H3. The van der Waals surface area contributed by atoms with Crippen LogP contribution in [-0.4, -0.2) is 32.4 Å². The molecule has 1 unspecified atom stereocenters. The summed E-state index contributed by atoms with van der Waals surface area (Å²) in [7, 11) is -1.93. The minimum atomic E-state index is -3.51. The number of halogens is 1. The van der Waals surface area contributed by atoms with Crippen LogP contribution < -0.4 is 0 Å². The molecule has 0 spiro atoms. The van der Waals surface area contributed by atoms with Crippen LogP contribution in [-0.2, 0) is 27.8 Å². The van der Waals surface area contributed by atoms with Crippen molar-refractivity contribution in [2.45, 2.75) is 23.3 Å². The summed E-state index contributed by atoms with van der Waals surface area (Å²) in [5, 5.41) is 0. The van der Waals surface area contributed by atoms with Gasteiger partial charge in [-0.2, -0.15) is 4.31 Å². The maximum atomic E-state index is 12.5. The van der Waals surface area contributed by atoms with Crippen molar-refractivity contribution in [3.63, 3.8) is 0 Å². The van der Waals surface area contributed by atoms with Gasteiger partial charge in [0.1, 0.15) is 4.21 Å². The van der Waals surface area contributed by atoms with Crippen LogP contribution in [0, 0.1) is 0 Å². The second-order valence-corrected chi connectivity index (χ2v) is 9.24. The molecule has 7 heteroatoms. The van der Waals surface area contributed by atoms with E-state index in [9.17, 15) is 8.42 Å². The lowest BCUT2D eigenvalue weighted by molar-refractivity contribution is 0.0202.